The van der Waals surface area contributed by atoms with Gasteiger partial charge in [0.05, 0.1) is 11.0 Å². The van der Waals surface area contributed by atoms with Gasteiger partial charge in [-0.25, -0.2) is 15.0 Å². The highest BCUT2D eigenvalue weighted by Gasteiger charge is 2.24. The van der Waals surface area contributed by atoms with Crippen LogP contribution in [0.2, 0.25) is 0 Å². The number of nitrogens with zero attached hydrogens (tertiary/aromatic N) is 6. The molecule has 5 aromatic heterocycles. The van der Waals surface area contributed by atoms with Crippen LogP contribution in [0.1, 0.15) is 0 Å². The van der Waals surface area contributed by atoms with Gasteiger partial charge in [0, 0.05) is 118 Å². The molecule has 0 fully saturated rings. The smallest absolute Gasteiger partial charge is 0.164 e. The molecule has 28 aromatic rings. The van der Waals surface area contributed by atoms with Gasteiger partial charge >= 0.3 is 0 Å². The maximum Gasteiger partial charge on any atom is 0.164 e. The number of furan rings is 1. The van der Waals surface area contributed by atoms with Crippen LogP contribution in [0.3, 0.4) is 0 Å². The Hall–Kier alpha value is -17.7. The van der Waals surface area contributed by atoms with Crippen LogP contribution in [-0.4, -0.2) is 19.5 Å². The molecule has 0 N–H and O–H groups in total. The van der Waals surface area contributed by atoms with Gasteiger partial charge in [-0.2, -0.15) is 0 Å². The van der Waals surface area contributed by atoms with Gasteiger partial charge in [-0.3, -0.25) is 0 Å². The molecule has 0 aliphatic rings. The van der Waals surface area contributed by atoms with Crippen LogP contribution in [0.5, 0.6) is 0 Å². The normalized spacial score (nSPS) is 11.6. The van der Waals surface area contributed by atoms with E-state index in [1.165, 1.54) is 149 Å². The first-order valence-electron chi connectivity index (χ1n) is 46.7. The van der Waals surface area contributed by atoms with Crippen molar-refractivity contribution in [1.82, 2.24) is 19.5 Å². The number of para-hydroxylation sites is 6. The molecule has 23 aromatic carbocycles. The number of hydrogen-bond donors (Lipinski definition) is 0. The topological polar surface area (TPSA) is 63.2 Å². The fraction of sp³-hybridized carbons (Fsp3) is 0. The highest BCUT2D eigenvalue weighted by molar-refractivity contribution is 7.26. The molecule has 646 valence electrons. The number of anilines is 6. The van der Waals surface area contributed by atoms with E-state index in [-0.39, 0.29) is 0 Å². The highest BCUT2D eigenvalue weighted by atomic mass is 32.1. The summed E-state index contributed by atoms with van der Waals surface area (Å²) >= 11 is 3.76. The van der Waals surface area contributed by atoms with E-state index in [0.29, 0.717) is 17.5 Å². The summed E-state index contributed by atoms with van der Waals surface area (Å²) in [6.45, 7) is 0. The number of rotatable bonds is 13. The molecule has 5 heterocycles. The van der Waals surface area contributed by atoms with Crippen molar-refractivity contribution in [3.05, 3.63) is 497 Å². The maximum atomic E-state index is 6.28. The predicted molar refractivity (Wildman–Crippen MR) is 587 cm³/mol. The standard InChI is InChI=1S/C53H32N4S.C38H25NO.C38H25NS/c1-3-14-33(15-4-1)51-54-52(34-16-5-2-6-17-34)56-53(55-51)37-19-13-20-38(28-37)57-47-24-11-9-22-40(47)45-30-36(26-27-48(45)57)42-29-35-18-7-8-21-39(35)44-32-50-46(31-43(42)44)41-23-10-12-25-49(41)58-50;2*1-3-12-28(13-4-1)39(29-14-5-2-6-15-29)30-21-19-26(20-22-30)33-23-27-11-7-8-16-31(27)35-25-38-36(24-34(33)35)32-17-9-10-18-37(32)40-38/h1-32H;2*1-25H. The first kappa shape index (κ1) is 81.1. The van der Waals surface area contributed by atoms with Gasteiger partial charge in [0.1, 0.15) is 11.2 Å². The molecule has 138 heavy (non-hydrogen) atoms. The van der Waals surface area contributed by atoms with Crippen LogP contribution in [0.25, 0.3) is 222 Å². The Bertz CT molecular complexity index is 9130. The fourth-order valence-electron chi connectivity index (χ4n) is 20.6. The zero-order chi connectivity index (χ0) is 91.1. The van der Waals surface area contributed by atoms with Crippen LogP contribution < -0.4 is 9.80 Å². The van der Waals surface area contributed by atoms with Crippen molar-refractivity contribution in [3.8, 4) is 73.2 Å². The van der Waals surface area contributed by atoms with Crippen molar-refractivity contribution < 1.29 is 4.42 Å². The lowest BCUT2D eigenvalue weighted by Crippen LogP contribution is -2.09. The van der Waals surface area contributed by atoms with E-state index in [1.54, 1.807) is 0 Å². The summed E-state index contributed by atoms with van der Waals surface area (Å²) in [5, 5.41) is 25.2. The molecule has 28 rings (SSSR count). The van der Waals surface area contributed by atoms with Crippen LogP contribution in [-0.2, 0) is 0 Å². The molecule has 0 aliphatic heterocycles. The van der Waals surface area contributed by atoms with Gasteiger partial charge in [-0.1, -0.05) is 322 Å². The number of benzene rings is 23. The van der Waals surface area contributed by atoms with E-state index in [0.717, 1.165) is 89.5 Å². The molecular formula is C129H82N6OS2. The van der Waals surface area contributed by atoms with Crippen molar-refractivity contribution in [2.45, 2.75) is 0 Å². The predicted octanol–water partition coefficient (Wildman–Crippen LogP) is 36.8. The zero-order valence-electron chi connectivity index (χ0n) is 74.8. The Labute approximate surface area is 803 Å². The summed E-state index contributed by atoms with van der Waals surface area (Å²) in [5.74, 6) is 1.93. The first-order chi connectivity index (χ1) is 68.4. The number of hydrogen-bond acceptors (Lipinski definition) is 8. The lowest BCUT2D eigenvalue weighted by molar-refractivity contribution is 0.669. The van der Waals surface area contributed by atoms with E-state index in [2.05, 4.69) is 439 Å². The molecule has 0 saturated heterocycles. The second-order valence-corrected chi connectivity index (χ2v) is 37.4. The summed E-state index contributed by atoms with van der Waals surface area (Å²) < 4.78 is 14.0. The Morgan fingerprint density at radius 3 is 1.00 bits per heavy atom. The summed E-state index contributed by atoms with van der Waals surface area (Å²) in [4.78, 5) is 19.6. The summed E-state index contributed by atoms with van der Waals surface area (Å²) in [5.41, 5.74) is 22.1. The van der Waals surface area contributed by atoms with Gasteiger partial charge in [-0.15, -0.1) is 22.7 Å². The van der Waals surface area contributed by atoms with Crippen molar-refractivity contribution in [2.75, 3.05) is 9.80 Å². The molecule has 0 unspecified atom stereocenters. The SMILES string of the molecule is c1ccc(-c2nc(-c3ccccc3)nc(-c3cccc(-n4c5ccccc5c5cc(-c6cc7ccccc7c7cc8sc9ccccc9c8cc67)ccc54)c3)n2)cc1.c1ccc(N(c2ccccc2)c2ccc(-c3cc4ccccc4c4cc5oc6ccccc6c5cc34)cc2)cc1.c1ccc(N(c2ccccc2)c2ccc(-c3cc4ccccc4c4cc5sc6ccccc6c5cc34)cc2)cc1. The molecule has 0 amide bonds. The molecule has 0 bridgehead atoms. The summed E-state index contributed by atoms with van der Waals surface area (Å²) in [7, 11) is 0. The Morgan fingerprint density at radius 2 is 0.529 bits per heavy atom. The second kappa shape index (κ2) is 34.4. The lowest BCUT2D eigenvalue weighted by atomic mass is 9.91. The van der Waals surface area contributed by atoms with Crippen LogP contribution in [0.4, 0.5) is 34.1 Å². The van der Waals surface area contributed by atoms with E-state index < -0.39 is 0 Å². The molecule has 7 nitrogen and oxygen atoms in total. The van der Waals surface area contributed by atoms with Crippen LogP contribution >= 0.6 is 22.7 Å². The van der Waals surface area contributed by atoms with E-state index in [9.17, 15) is 0 Å². The first-order valence-corrected chi connectivity index (χ1v) is 48.4. The molecule has 9 heteroatoms. The second-order valence-electron chi connectivity index (χ2n) is 35.2. The minimum Gasteiger partial charge on any atom is -0.456 e. The summed E-state index contributed by atoms with van der Waals surface area (Å²) in [6.07, 6.45) is 0. The van der Waals surface area contributed by atoms with Gasteiger partial charge < -0.3 is 18.8 Å². The number of thiophene rings is 2. The third kappa shape index (κ3) is 14.6. The Morgan fingerprint density at radius 1 is 0.181 bits per heavy atom. The minimum absolute atomic E-state index is 0.633. The molecule has 0 atom stereocenters. The van der Waals surface area contributed by atoms with Crippen molar-refractivity contribution in [3.63, 3.8) is 0 Å². The van der Waals surface area contributed by atoms with E-state index in [1.807, 2.05) is 95.5 Å². The maximum absolute atomic E-state index is 6.28. The third-order valence-corrected chi connectivity index (χ3v) is 29.3. The zero-order valence-corrected chi connectivity index (χ0v) is 76.4. The minimum atomic E-state index is 0.633. The largest absolute Gasteiger partial charge is 0.456 e. The Kier molecular flexibility index (Phi) is 20.2. The fourth-order valence-corrected chi connectivity index (χ4v) is 22.8. The molecule has 0 aliphatic carbocycles. The third-order valence-electron chi connectivity index (χ3n) is 27.0. The summed E-state index contributed by atoms with van der Waals surface area (Å²) in [6, 6.07) is 178. The quantitative estimate of drug-likeness (QED) is 0.107. The molecule has 0 saturated carbocycles. The van der Waals surface area contributed by atoms with E-state index in [4.69, 9.17) is 19.4 Å². The van der Waals surface area contributed by atoms with Crippen molar-refractivity contribution in [2.24, 2.45) is 0 Å². The molecule has 0 radical (unpaired) electrons. The van der Waals surface area contributed by atoms with Crippen molar-refractivity contribution in [1.29, 1.82) is 0 Å². The number of aromatic nitrogens is 4. The van der Waals surface area contributed by atoms with E-state index >= 15 is 0 Å². The van der Waals surface area contributed by atoms with Gasteiger partial charge in [0.25, 0.3) is 0 Å². The highest BCUT2D eigenvalue weighted by Crippen LogP contribution is 2.49. The number of fused-ring (bicyclic) bond motifs is 21. The van der Waals surface area contributed by atoms with Crippen LogP contribution in [0.15, 0.2) is 502 Å². The Balaban J connectivity index is 0.000000110. The molecular weight excluding hydrogens is 1710 g/mol. The average Bonchev–Trinajstić information content (AvgIpc) is 1.49. The van der Waals surface area contributed by atoms with Gasteiger partial charge in [0.15, 0.2) is 17.5 Å². The van der Waals surface area contributed by atoms with Gasteiger partial charge in [-0.05, 0) is 274 Å². The van der Waals surface area contributed by atoms with Crippen molar-refractivity contribution >= 4 is 206 Å². The average molecular weight is 1800 g/mol. The lowest BCUT2D eigenvalue weighted by Gasteiger charge is -2.25. The monoisotopic (exact) mass is 1790 g/mol. The van der Waals surface area contributed by atoms with Crippen LogP contribution in [0, 0.1) is 0 Å². The van der Waals surface area contributed by atoms with Gasteiger partial charge in [0.2, 0.25) is 0 Å². The molecule has 0 spiro atoms.